The largest absolute Gasteiger partial charge is 0.351 e. The molecule has 1 saturated heterocycles. The maximum atomic E-state index is 13.1. The molecule has 6 nitrogen and oxygen atoms in total. The highest BCUT2D eigenvalue weighted by Crippen LogP contribution is 2.49. The molecule has 1 aliphatic heterocycles. The van der Waals surface area contributed by atoms with Gasteiger partial charge in [0.05, 0.1) is 12.2 Å². The molecule has 0 spiro atoms. The Labute approximate surface area is 173 Å². The molecule has 4 aliphatic rings. The Morgan fingerprint density at radius 2 is 1.83 bits per heavy atom. The minimum Gasteiger partial charge on any atom is -0.351 e. The third kappa shape index (κ3) is 3.59. The van der Waals surface area contributed by atoms with Crippen LogP contribution in [0.2, 0.25) is 0 Å². The normalized spacial score (nSPS) is 34.7. The van der Waals surface area contributed by atoms with Crippen molar-refractivity contribution in [3.05, 3.63) is 18.0 Å². The first-order valence-electron chi connectivity index (χ1n) is 11.7. The van der Waals surface area contributed by atoms with E-state index in [0.717, 1.165) is 30.7 Å². The van der Waals surface area contributed by atoms with E-state index in [-0.39, 0.29) is 29.7 Å². The van der Waals surface area contributed by atoms with E-state index in [9.17, 15) is 9.59 Å². The van der Waals surface area contributed by atoms with Gasteiger partial charge in [-0.05, 0) is 43.1 Å². The summed E-state index contributed by atoms with van der Waals surface area (Å²) in [5.74, 6) is 2.41. The van der Waals surface area contributed by atoms with E-state index in [1.54, 1.807) is 0 Å². The molecule has 29 heavy (non-hydrogen) atoms. The second kappa shape index (κ2) is 7.77. The van der Waals surface area contributed by atoms with Gasteiger partial charge in [-0.25, -0.2) is 0 Å². The maximum absolute atomic E-state index is 13.1. The van der Waals surface area contributed by atoms with Crippen molar-refractivity contribution in [3.63, 3.8) is 0 Å². The zero-order chi connectivity index (χ0) is 20.0. The molecule has 6 heteroatoms. The van der Waals surface area contributed by atoms with Crippen LogP contribution in [0.1, 0.15) is 69.3 Å². The minimum atomic E-state index is -0.000284. The zero-order valence-corrected chi connectivity index (χ0v) is 17.6. The highest BCUT2D eigenvalue weighted by atomic mass is 16.2. The topological polar surface area (TPSA) is 67.2 Å². The number of carbonyl (C=O) groups excluding carboxylic acids is 2. The van der Waals surface area contributed by atoms with Crippen molar-refractivity contribution in [2.75, 3.05) is 13.1 Å². The van der Waals surface area contributed by atoms with Crippen LogP contribution in [-0.2, 0) is 16.6 Å². The number of aryl methyl sites for hydroxylation is 1. The van der Waals surface area contributed by atoms with Gasteiger partial charge in [0.1, 0.15) is 0 Å². The molecule has 4 fully saturated rings. The summed E-state index contributed by atoms with van der Waals surface area (Å²) in [5.41, 5.74) is 1.13. The monoisotopic (exact) mass is 398 g/mol. The van der Waals surface area contributed by atoms with Crippen LogP contribution in [-0.4, -0.2) is 45.6 Å². The number of amides is 2. The van der Waals surface area contributed by atoms with Gasteiger partial charge in [0.25, 0.3) is 0 Å². The molecule has 1 aromatic heterocycles. The second-order valence-electron chi connectivity index (χ2n) is 9.94. The third-order valence-corrected chi connectivity index (χ3v) is 8.19. The standard InChI is InChI=1S/C23H34N4O2/c1-26-12-17(11-24-26)20-13-27(23(29)15-6-2-3-7-15)14-21(20)25-22(28)19-10-16-8-4-5-9-18(16)19/h11-12,15-16,18-21H,2-10,13-14H2,1H3,(H,25,28)/t16-,18-,19+,20-,21+/m0/s1. The van der Waals surface area contributed by atoms with Gasteiger partial charge in [-0.15, -0.1) is 0 Å². The predicted molar refractivity (Wildman–Crippen MR) is 110 cm³/mol. The fourth-order valence-electron chi connectivity index (χ4n) is 6.49. The Kier molecular flexibility index (Phi) is 5.12. The van der Waals surface area contributed by atoms with Crippen molar-refractivity contribution < 1.29 is 9.59 Å². The molecule has 0 aromatic carbocycles. The summed E-state index contributed by atoms with van der Waals surface area (Å²) in [6.07, 6.45) is 14.5. The lowest BCUT2D eigenvalue weighted by molar-refractivity contribution is -0.137. The van der Waals surface area contributed by atoms with Crippen molar-refractivity contribution in [2.24, 2.45) is 30.7 Å². The summed E-state index contributed by atoms with van der Waals surface area (Å²) in [6, 6.07) is -0.000284. The third-order valence-electron chi connectivity index (χ3n) is 8.19. The second-order valence-corrected chi connectivity index (χ2v) is 9.94. The Bertz CT molecular complexity index is 769. The number of rotatable bonds is 4. The molecular formula is C23H34N4O2. The van der Waals surface area contributed by atoms with Gasteiger partial charge in [-0.2, -0.15) is 5.10 Å². The highest BCUT2D eigenvalue weighted by molar-refractivity contribution is 5.82. The van der Waals surface area contributed by atoms with E-state index in [1.165, 1.54) is 38.5 Å². The summed E-state index contributed by atoms with van der Waals surface area (Å²) < 4.78 is 1.81. The summed E-state index contributed by atoms with van der Waals surface area (Å²) in [7, 11) is 1.92. The van der Waals surface area contributed by atoms with E-state index in [4.69, 9.17) is 0 Å². The van der Waals surface area contributed by atoms with Crippen LogP contribution in [0.3, 0.4) is 0 Å². The van der Waals surface area contributed by atoms with Crippen LogP contribution in [0.4, 0.5) is 0 Å². The summed E-state index contributed by atoms with van der Waals surface area (Å²) >= 11 is 0. The fraction of sp³-hybridized carbons (Fsp3) is 0.783. The summed E-state index contributed by atoms with van der Waals surface area (Å²) in [4.78, 5) is 28.2. The first-order chi connectivity index (χ1) is 14.1. The Morgan fingerprint density at radius 3 is 2.55 bits per heavy atom. The predicted octanol–water partition coefficient (Wildman–Crippen LogP) is 2.85. The smallest absolute Gasteiger partial charge is 0.225 e. The van der Waals surface area contributed by atoms with Crippen molar-refractivity contribution in [2.45, 2.75) is 69.7 Å². The lowest BCUT2D eigenvalue weighted by Gasteiger charge is -2.47. The molecule has 5 atom stereocenters. The minimum absolute atomic E-state index is 0.000284. The van der Waals surface area contributed by atoms with Gasteiger partial charge < -0.3 is 10.2 Å². The number of aromatic nitrogens is 2. The number of likely N-dealkylation sites (tertiary alicyclic amines) is 1. The van der Waals surface area contributed by atoms with Crippen molar-refractivity contribution in [1.82, 2.24) is 20.0 Å². The van der Waals surface area contributed by atoms with Gasteiger partial charge in [-0.3, -0.25) is 14.3 Å². The molecule has 3 aliphatic carbocycles. The van der Waals surface area contributed by atoms with Gasteiger partial charge in [0, 0.05) is 44.1 Å². The van der Waals surface area contributed by atoms with E-state index < -0.39 is 0 Å². The SMILES string of the molecule is Cn1cc([C@@H]2CN(C(=O)C3CCCC3)C[C@H]2NC(=O)[C@@H]2C[C@@H]3CCCC[C@@H]32)cn1. The number of hydrogen-bond acceptors (Lipinski definition) is 3. The zero-order valence-electron chi connectivity index (χ0n) is 17.6. The average molecular weight is 399 g/mol. The van der Waals surface area contributed by atoms with E-state index in [0.29, 0.717) is 24.9 Å². The summed E-state index contributed by atoms with van der Waals surface area (Å²) in [6.45, 7) is 1.34. The van der Waals surface area contributed by atoms with E-state index in [1.807, 2.05) is 29.0 Å². The lowest BCUT2D eigenvalue weighted by atomic mass is 9.58. The van der Waals surface area contributed by atoms with Gasteiger partial charge in [-0.1, -0.05) is 32.1 Å². The molecular weight excluding hydrogens is 364 g/mol. The van der Waals surface area contributed by atoms with Crippen molar-refractivity contribution in [1.29, 1.82) is 0 Å². The number of nitrogens with one attached hydrogen (secondary N) is 1. The molecule has 1 N–H and O–H groups in total. The van der Waals surface area contributed by atoms with Crippen LogP contribution >= 0.6 is 0 Å². The molecule has 158 valence electrons. The van der Waals surface area contributed by atoms with Gasteiger partial charge >= 0.3 is 0 Å². The molecule has 0 bridgehead atoms. The molecule has 5 rings (SSSR count). The van der Waals surface area contributed by atoms with Crippen molar-refractivity contribution >= 4 is 11.8 Å². The highest BCUT2D eigenvalue weighted by Gasteiger charge is 2.47. The van der Waals surface area contributed by atoms with Crippen LogP contribution in [0, 0.1) is 23.7 Å². The fourth-order valence-corrected chi connectivity index (χ4v) is 6.49. The Balaban J connectivity index is 1.29. The summed E-state index contributed by atoms with van der Waals surface area (Å²) in [5, 5.41) is 7.72. The number of fused-ring (bicyclic) bond motifs is 1. The molecule has 1 aromatic rings. The number of carbonyl (C=O) groups is 2. The average Bonchev–Trinajstić information content (AvgIpc) is 3.43. The van der Waals surface area contributed by atoms with Gasteiger partial charge in [0.15, 0.2) is 0 Å². The Hall–Kier alpha value is -1.85. The molecule has 2 heterocycles. The molecule has 3 saturated carbocycles. The molecule has 0 unspecified atom stereocenters. The molecule has 0 radical (unpaired) electrons. The number of nitrogens with zero attached hydrogens (tertiary/aromatic N) is 3. The first-order valence-corrected chi connectivity index (χ1v) is 11.7. The van der Waals surface area contributed by atoms with E-state index >= 15 is 0 Å². The van der Waals surface area contributed by atoms with Crippen LogP contribution in [0.5, 0.6) is 0 Å². The van der Waals surface area contributed by atoms with Crippen LogP contribution in [0.15, 0.2) is 12.4 Å². The number of hydrogen-bond donors (Lipinski definition) is 1. The lowest BCUT2D eigenvalue weighted by Crippen LogP contribution is -2.51. The van der Waals surface area contributed by atoms with Crippen LogP contribution < -0.4 is 5.32 Å². The first kappa shape index (κ1) is 19.1. The quantitative estimate of drug-likeness (QED) is 0.848. The van der Waals surface area contributed by atoms with Crippen LogP contribution in [0.25, 0.3) is 0 Å². The van der Waals surface area contributed by atoms with Crippen molar-refractivity contribution in [3.8, 4) is 0 Å². The maximum Gasteiger partial charge on any atom is 0.225 e. The van der Waals surface area contributed by atoms with Gasteiger partial charge in [0.2, 0.25) is 11.8 Å². The van der Waals surface area contributed by atoms with E-state index in [2.05, 4.69) is 10.4 Å². The molecule has 2 amide bonds. The Morgan fingerprint density at radius 1 is 1.07 bits per heavy atom.